The standard InChI is InChI=1S/C27H18Cl4N2O3/c28-19-10-9-14(13-20(19)29)32-21(34)11-12-33-24(35)22-23(25(33)36)27(31)16-6-2-1-5-15(16)26(22,30)17-7-3-4-8-18(17)27/h1-10,13,22-23H,11-12H2,(H,32,34)/t22-,23-,26?,27?/m1/s1. The summed E-state index contributed by atoms with van der Waals surface area (Å²) in [6.45, 7) is -0.0928. The Morgan fingerprint density at radius 1 is 0.778 bits per heavy atom. The molecule has 0 radical (unpaired) electrons. The first-order valence-electron chi connectivity index (χ1n) is 11.4. The van der Waals surface area contributed by atoms with Crippen LogP contribution in [0.1, 0.15) is 28.7 Å². The molecule has 3 aliphatic carbocycles. The molecule has 36 heavy (non-hydrogen) atoms. The number of likely N-dealkylation sites (tertiary alicyclic amines) is 1. The molecule has 3 amide bonds. The summed E-state index contributed by atoms with van der Waals surface area (Å²) in [6.07, 6.45) is -0.0956. The molecule has 3 aromatic carbocycles. The van der Waals surface area contributed by atoms with Gasteiger partial charge in [-0.3, -0.25) is 19.3 Å². The van der Waals surface area contributed by atoms with E-state index in [0.717, 1.165) is 27.2 Å². The first-order valence-corrected chi connectivity index (χ1v) is 12.9. The fraction of sp³-hybridized carbons (Fsp3) is 0.222. The van der Waals surface area contributed by atoms with Crippen molar-refractivity contribution in [2.45, 2.75) is 16.2 Å². The predicted octanol–water partition coefficient (Wildman–Crippen LogP) is 5.92. The summed E-state index contributed by atoms with van der Waals surface area (Å²) in [6, 6.07) is 19.6. The number of imide groups is 1. The molecule has 0 spiro atoms. The van der Waals surface area contributed by atoms with Gasteiger partial charge in [-0.2, -0.15) is 0 Å². The Kier molecular flexibility index (Phi) is 5.44. The number of benzene rings is 3. The molecule has 0 unspecified atom stereocenters. The van der Waals surface area contributed by atoms with Crippen molar-refractivity contribution >= 4 is 69.8 Å². The van der Waals surface area contributed by atoms with Crippen LogP contribution in [0.3, 0.4) is 0 Å². The summed E-state index contributed by atoms with van der Waals surface area (Å²) >= 11 is 26.7. The van der Waals surface area contributed by atoms with Crippen molar-refractivity contribution in [2.75, 3.05) is 11.9 Å². The van der Waals surface area contributed by atoms with Crippen molar-refractivity contribution in [2.24, 2.45) is 11.8 Å². The number of amides is 3. The van der Waals surface area contributed by atoms with E-state index >= 15 is 0 Å². The van der Waals surface area contributed by atoms with E-state index in [1.54, 1.807) is 12.1 Å². The summed E-state index contributed by atoms with van der Waals surface area (Å²) in [5.41, 5.74) is 3.42. The second-order valence-electron chi connectivity index (χ2n) is 9.23. The minimum atomic E-state index is -1.24. The molecule has 1 fully saturated rings. The molecule has 4 aliphatic rings. The van der Waals surface area contributed by atoms with E-state index in [-0.39, 0.29) is 18.9 Å². The van der Waals surface area contributed by atoms with Crippen LogP contribution in [-0.2, 0) is 24.1 Å². The van der Waals surface area contributed by atoms with E-state index < -0.39 is 33.4 Å². The van der Waals surface area contributed by atoms with Gasteiger partial charge >= 0.3 is 0 Å². The summed E-state index contributed by atoms with van der Waals surface area (Å²) in [4.78, 5) is 38.8. The zero-order chi connectivity index (χ0) is 25.4. The molecule has 3 aromatic rings. The van der Waals surface area contributed by atoms with Crippen LogP contribution in [0.15, 0.2) is 66.7 Å². The predicted molar refractivity (Wildman–Crippen MR) is 140 cm³/mol. The number of rotatable bonds is 4. The summed E-state index contributed by atoms with van der Waals surface area (Å²) in [7, 11) is 0. The van der Waals surface area contributed by atoms with Gasteiger partial charge in [-0.15, -0.1) is 23.2 Å². The molecule has 182 valence electrons. The lowest BCUT2D eigenvalue weighted by molar-refractivity contribution is -0.140. The molecular formula is C27H18Cl4N2O3. The van der Waals surface area contributed by atoms with Crippen LogP contribution < -0.4 is 5.32 Å². The molecule has 2 bridgehead atoms. The normalized spacial score (nSPS) is 27.5. The van der Waals surface area contributed by atoms with E-state index in [9.17, 15) is 14.4 Å². The number of alkyl halides is 2. The number of halogens is 4. The number of hydrogen-bond acceptors (Lipinski definition) is 3. The van der Waals surface area contributed by atoms with Gasteiger partial charge in [0.15, 0.2) is 0 Å². The molecule has 0 saturated carbocycles. The van der Waals surface area contributed by atoms with Crippen molar-refractivity contribution in [3.05, 3.63) is 99.0 Å². The second-order valence-corrected chi connectivity index (χ2v) is 11.2. The molecule has 5 nitrogen and oxygen atoms in total. The van der Waals surface area contributed by atoms with Crippen molar-refractivity contribution in [3.8, 4) is 0 Å². The zero-order valence-corrected chi connectivity index (χ0v) is 21.6. The largest absolute Gasteiger partial charge is 0.326 e. The molecular weight excluding hydrogens is 542 g/mol. The molecule has 1 N–H and O–H groups in total. The number of nitrogens with one attached hydrogen (secondary N) is 1. The Labute approximate surface area is 227 Å². The van der Waals surface area contributed by atoms with Crippen LogP contribution in [0.2, 0.25) is 10.0 Å². The third-order valence-electron chi connectivity index (χ3n) is 7.44. The fourth-order valence-corrected chi connectivity index (χ4v) is 7.35. The lowest BCUT2D eigenvalue weighted by atomic mass is 9.54. The Balaban J connectivity index is 1.33. The van der Waals surface area contributed by atoms with E-state index in [1.165, 1.54) is 6.07 Å². The quantitative estimate of drug-likeness (QED) is 0.319. The van der Waals surface area contributed by atoms with E-state index in [2.05, 4.69) is 5.32 Å². The number of anilines is 1. The van der Waals surface area contributed by atoms with Crippen molar-refractivity contribution < 1.29 is 14.4 Å². The van der Waals surface area contributed by atoms with Gasteiger partial charge in [-0.25, -0.2) is 0 Å². The highest BCUT2D eigenvalue weighted by molar-refractivity contribution is 6.42. The SMILES string of the molecule is O=C(CCN1C(=O)[C@H]2[C@H](C1=O)C1(Cl)c3ccccc3C2(Cl)c2ccccc21)Nc1ccc(Cl)c(Cl)c1. The number of carbonyl (C=O) groups excluding carboxylic acids is 3. The topological polar surface area (TPSA) is 66.5 Å². The van der Waals surface area contributed by atoms with Crippen molar-refractivity contribution in [1.82, 2.24) is 4.90 Å². The van der Waals surface area contributed by atoms with Crippen molar-refractivity contribution in [1.29, 1.82) is 0 Å². The third kappa shape index (κ3) is 3.07. The highest BCUT2D eigenvalue weighted by Gasteiger charge is 2.72. The Bertz CT molecular complexity index is 1350. The first-order chi connectivity index (χ1) is 17.2. The van der Waals surface area contributed by atoms with E-state index in [1.807, 2.05) is 48.5 Å². The van der Waals surface area contributed by atoms with Gasteiger partial charge in [-0.1, -0.05) is 71.7 Å². The van der Waals surface area contributed by atoms with Crippen LogP contribution in [0.4, 0.5) is 5.69 Å². The van der Waals surface area contributed by atoms with Gasteiger partial charge in [0.1, 0.15) is 9.75 Å². The minimum absolute atomic E-state index is 0.0928. The third-order valence-corrected chi connectivity index (χ3v) is 9.47. The lowest BCUT2D eigenvalue weighted by Crippen LogP contribution is -2.57. The lowest BCUT2D eigenvalue weighted by Gasteiger charge is -2.54. The van der Waals surface area contributed by atoms with Gasteiger partial charge in [0, 0.05) is 18.7 Å². The smallest absolute Gasteiger partial charge is 0.235 e. The highest BCUT2D eigenvalue weighted by Crippen LogP contribution is 2.69. The van der Waals surface area contributed by atoms with E-state index in [0.29, 0.717) is 15.7 Å². The number of nitrogens with zero attached hydrogens (tertiary/aromatic N) is 1. The zero-order valence-electron chi connectivity index (χ0n) is 18.6. The van der Waals surface area contributed by atoms with E-state index in [4.69, 9.17) is 46.4 Å². The van der Waals surface area contributed by atoms with Crippen molar-refractivity contribution in [3.63, 3.8) is 0 Å². The molecule has 2 atom stereocenters. The molecule has 1 saturated heterocycles. The molecule has 1 heterocycles. The van der Waals surface area contributed by atoms with Crippen LogP contribution >= 0.6 is 46.4 Å². The Morgan fingerprint density at radius 3 is 1.69 bits per heavy atom. The summed E-state index contributed by atoms with van der Waals surface area (Å²) in [5.74, 6) is -2.98. The number of carbonyl (C=O) groups is 3. The molecule has 1 aliphatic heterocycles. The van der Waals surface area contributed by atoms with Gasteiger partial charge in [0.2, 0.25) is 17.7 Å². The average Bonchev–Trinajstić information content (AvgIpc) is 3.14. The Hall–Kier alpha value is -2.57. The monoisotopic (exact) mass is 558 g/mol. The van der Waals surface area contributed by atoms with Crippen LogP contribution in [-0.4, -0.2) is 29.2 Å². The fourth-order valence-electron chi connectivity index (χ4n) is 5.96. The number of hydrogen-bond donors (Lipinski definition) is 1. The molecule has 0 aromatic heterocycles. The maximum absolute atomic E-state index is 13.8. The second kappa shape index (κ2) is 8.22. The van der Waals surface area contributed by atoms with Crippen LogP contribution in [0.5, 0.6) is 0 Å². The maximum Gasteiger partial charge on any atom is 0.235 e. The summed E-state index contributed by atoms with van der Waals surface area (Å²) < 4.78 is 0. The van der Waals surface area contributed by atoms with Crippen LogP contribution in [0.25, 0.3) is 0 Å². The van der Waals surface area contributed by atoms with Gasteiger partial charge in [0.05, 0.1) is 21.9 Å². The molecule has 9 heteroatoms. The molecule has 7 rings (SSSR count). The highest BCUT2D eigenvalue weighted by atomic mass is 35.5. The van der Waals surface area contributed by atoms with Gasteiger partial charge in [-0.05, 0) is 40.5 Å². The maximum atomic E-state index is 13.8. The van der Waals surface area contributed by atoms with Gasteiger partial charge < -0.3 is 5.32 Å². The average molecular weight is 560 g/mol. The van der Waals surface area contributed by atoms with Crippen LogP contribution in [0, 0.1) is 11.8 Å². The minimum Gasteiger partial charge on any atom is -0.326 e. The Morgan fingerprint density at radius 2 is 1.25 bits per heavy atom. The summed E-state index contributed by atoms with van der Waals surface area (Å²) in [5, 5.41) is 3.39. The first kappa shape index (κ1) is 23.8. The van der Waals surface area contributed by atoms with Gasteiger partial charge in [0.25, 0.3) is 0 Å².